The Balaban J connectivity index is 1.32. The van der Waals surface area contributed by atoms with Crippen LogP contribution in [-0.4, -0.2) is 42.2 Å². The summed E-state index contributed by atoms with van der Waals surface area (Å²) < 4.78 is 27.6. The highest BCUT2D eigenvalue weighted by Gasteiger charge is 2.57. The molecule has 7 heteroatoms. The first kappa shape index (κ1) is 18.6. The molecule has 152 valence electrons. The minimum absolute atomic E-state index is 0.101. The van der Waals surface area contributed by atoms with E-state index in [4.69, 9.17) is 0 Å². The molecule has 4 aliphatic carbocycles. The zero-order valence-corrected chi connectivity index (χ0v) is 17.2. The average molecular weight is 404 g/mol. The second kappa shape index (κ2) is 6.52. The number of rotatable bonds is 4. The predicted molar refractivity (Wildman–Crippen MR) is 105 cm³/mol. The Kier molecular flexibility index (Phi) is 4.32. The molecule has 3 atom stereocenters. The smallest absolute Gasteiger partial charge is 0.245 e. The Morgan fingerprint density at radius 1 is 1.18 bits per heavy atom. The number of pyridine rings is 1. The third-order valence-electron chi connectivity index (χ3n) is 7.69. The van der Waals surface area contributed by atoms with Crippen molar-refractivity contribution in [3.8, 4) is 0 Å². The SMILES string of the molecule is Cc1ccc(S(=O)(=O)N2CCCC2C(=O)NC2C3CCCC4(C3)CC2C4)cn1. The van der Waals surface area contributed by atoms with Crippen LogP contribution >= 0.6 is 0 Å². The maximum absolute atomic E-state index is 13.1. The molecular weight excluding hydrogens is 374 g/mol. The number of sulfonamides is 1. The van der Waals surface area contributed by atoms with Crippen molar-refractivity contribution in [1.29, 1.82) is 0 Å². The van der Waals surface area contributed by atoms with Crippen LogP contribution in [0.15, 0.2) is 23.2 Å². The summed E-state index contributed by atoms with van der Waals surface area (Å²) in [5.41, 5.74) is 1.35. The molecule has 28 heavy (non-hydrogen) atoms. The molecule has 1 aromatic heterocycles. The Labute approximate surface area is 167 Å². The molecule has 1 N–H and O–H groups in total. The maximum Gasteiger partial charge on any atom is 0.245 e. The number of carbonyl (C=O) groups is 1. The van der Waals surface area contributed by atoms with Gasteiger partial charge in [0.15, 0.2) is 0 Å². The Morgan fingerprint density at radius 3 is 2.71 bits per heavy atom. The number of carbonyl (C=O) groups excluding carboxylic acids is 1. The maximum atomic E-state index is 13.1. The van der Waals surface area contributed by atoms with E-state index in [9.17, 15) is 13.2 Å². The molecule has 1 amide bonds. The lowest BCUT2D eigenvalue weighted by Gasteiger charge is -2.62. The predicted octanol–water partition coefficient (Wildman–Crippen LogP) is 2.63. The molecule has 6 nitrogen and oxygen atoms in total. The van der Waals surface area contributed by atoms with E-state index in [1.165, 1.54) is 49.0 Å². The van der Waals surface area contributed by atoms with Gasteiger partial charge in [-0.15, -0.1) is 0 Å². The molecular formula is C21H29N3O3S. The van der Waals surface area contributed by atoms with Gasteiger partial charge in [-0.25, -0.2) is 8.42 Å². The number of amides is 1. The third kappa shape index (κ3) is 2.89. The van der Waals surface area contributed by atoms with Gasteiger partial charge in [-0.3, -0.25) is 9.78 Å². The number of nitrogens with one attached hydrogen (secondary N) is 1. The lowest BCUT2D eigenvalue weighted by Crippen LogP contribution is -2.62. The molecule has 1 saturated heterocycles. The Hall–Kier alpha value is -1.47. The van der Waals surface area contributed by atoms with Crippen molar-refractivity contribution in [2.75, 3.05) is 6.54 Å². The van der Waals surface area contributed by atoms with E-state index >= 15 is 0 Å². The van der Waals surface area contributed by atoms with Crippen molar-refractivity contribution in [2.24, 2.45) is 17.3 Å². The second-order valence-electron chi connectivity index (χ2n) is 9.47. The standard InChI is InChI=1S/C21H29N3O3S/c1-14-6-7-17(13-22-14)28(26,27)24-9-3-5-18(24)20(25)23-19-15-4-2-8-21(10-15)11-16(19)12-21/h6-7,13,15-16,18-19H,2-5,8-12H2,1H3,(H,23,25). The zero-order chi connectivity index (χ0) is 19.5. The zero-order valence-electron chi connectivity index (χ0n) is 16.4. The number of nitrogens with zero attached hydrogens (tertiary/aromatic N) is 2. The molecule has 5 aliphatic rings. The van der Waals surface area contributed by atoms with Gasteiger partial charge in [-0.2, -0.15) is 4.31 Å². The van der Waals surface area contributed by atoms with E-state index < -0.39 is 16.1 Å². The Morgan fingerprint density at radius 2 is 1.96 bits per heavy atom. The average Bonchev–Trinajstić information content (AvgIpc) is 3.14. The molecule has 1 spiro atoms. The number of aryl methyl sites for hydroxylation is 1. The van der Waals surface area contributed by atoms with E-state index in [1.54, 1.807) is 12.1 Å². The minimum atomic E-state index is -3.70. The van der Waals surface area contributed by atoms with E-state index in [2.05, 4.69) is 10.3 Å². The minimum Gasteiger partial charge on any atom is -0.351 e. The highest BCUT2D eigenvalue weighted by Crippen LogP contribution is 2.63. The van der Waals surface area contributed by atoms with Crippen molar-refractivity contribution in [3.05, 3.63) is 24.0 Å². The van der Waals surface area contributed by atoms with Crippen LogP contribution in [0.4, 0.5) is 0 Å². The summed E-state index contributed by atoms with van der Waals surface area (Å²) in [4.78, 5) is 17.4. The van der Waals surface area contributed by atoms with Crippen LogP contribution in [0.25, 0.3) is 0 Å². The lowest BCUT2D eigenvalue weighted by atomic mass is 9.45. The van der Waals surface area contributed by atoms with Crippen LogP contribution in [0.2, 0.25) is 0 Å². The summed E-state index contributed by atoms with van der Waals surface area (Å²) in [5, 5.41) is 3.30. The van der Waals surface area contributed by atoms with Crippen LogP contribution in [-0.2, 0) is 14.8 Å². The highest BCUT2D eigenvalue weighted by atomic mass is 32.2. The fourth-order valence-electron chi connectivity index (χ4n) is 6.40. The monoisotopic (exact) mass is 403 g/mol. The first-order valence-corrected chi connectivity index (χ1v) is 12.1. The van der Waals surface area contributed by atoms with Crippen LogP contribution in [0.1, 0.15) is 57.1 Å². The first-order valence-electron chi connectivity index (χ1n) is 10.6. The summed E-state index contributed by atoms with van der Waals surface area (Å²) in [6.45, 7) is 2.22. The molecule has 3 bridgehead atoms. The van der Waals surface area contributed by atoms with E-state index in [0.29, 0.717) is 30.2 Å². The summed E-state index contributed by atoms with van der Waals surface area (Å²) in [6.07, 6.45) is 10.3. The van der Waals surface area contributed by atoms with Gasteiger partial charge in [-0.1, -0.05) is 6.42 Å². The molecule has 2 heterocycles. The van der Waals surface area contributed by atoms with Crippen LogP contribution in [0, 0.1) is 24.2 Å². The summed E-state index contributed by atoms with van der Waals surface area (Å²) in [5.74, 6) is 1.07. The van der Waals surface area contributed by atoms with Crippen molar-refractivity contribution in [3.63, 3.8) is 0 Å². The first-order chi connectivity index (χ1) is 13.4. The van der Waals surface area contributed by atoms with Crippen LogP contribution < -0.4 is 5.32 Å². The summed E-state index contributed by atoms with van der Waals surface area (Å²) in [6, 6.07) is 2.93. The third-order valence-corrected chi connectivity index (χ3v) is 9.58. The van der Waals surface area contributed by atoms with Gasteiger partial charge in [0.1, 0.15) is 10.9 Å². The topological polar surface area (TPSA) is 79.4 Å². The van der Waals surface area contributed by atoms with Gasteiger partial charge in [0.25, 0.3) is 0 Å². The van der Waals surface area contributed by atoms with Gasteiger partial charge >= 0.3 is 0 Å². The van der Waals surface area contributed by atoms with E-state index in [1.807, 2.05) is 6.92 Å². The molecule has 0 radical (unpaired) electrons. The van der Waals surface area contributed by atoms with Crippen LogP contribution in [0.3, 0.4) is 0 Å². The van der Waals surface area contributed by atoms with Crippen molar-refractivity contribution in [2.45, 2.75) is 75.3 Å². The quantitative estimate of drug-likeness (QED) is 0.838. The van der Waals surface area contributed by atoms with Gasteiger partial charge in [0, 0.05) is 24.5 Å². The van der Waals surface area contributed by atoms with Gasteiger partial charge in [0.2, 0.25) is 15.9 Å². The highest BCUT2D eigenvalue weighted by molar-refractivity contribution is 7.89. The fraction of sp³-hybridized carbons (Fsp3) is 0.714. The van der Waals surface area contributed by atoms with E-state index in [-0.39, 0.29) is 16.8 Å². The number of hydrogen-bond donors (Lipinski definition) is 1. The van der Waals surface area contributed by atoms with Crippen molar-refractivity contribution in [1.82, 2.24) is 14.6 Å². The molecule has 3 unspecified atom stereocenters. The van der Waals surface area contributed by atoms with Gasteiger partial charge in [0.05, 0.1) is 0 Å². The molecule has 1 aliphatic heterocycles. The molecule has 5 fully saturated rings. The summed E-state index contributed by atoms with van der Waals surface area (Å²) >= 11 is 0. The van der Waals surface area contributed by atoms with Crippen molar-refractivity contribution >= 4 is 15.9 Å². The van der Waals surface area contributed by atoms with E-state index in [0.717, 1.165) is 12.1 Å². The Bertz CT molecular complexity index is 877. The molecule has 4 saturated carbocycles. The number of aromatic nitrogens is 1. The molecule has 1 aromatic rings. The van der Waals surface area contributed by atoms with Crippen LogP contribution in [0.5, 0.6) is 0 Å². The fourth-order valence-corrected chi connectivity index (χ4v) is 8.00. The lowest BCUT2D eigenvalue weighted by molar-refractivity contribution is -0.134. The number of hydrogen-bond acceptors (Lipinski definition) is 4. The van der Waals surface area contributed by atoms with Gasteiger partial charge in [-0.05, 0) is 81.3 Å². The second-order valence-corrected chi connectivity index (χ2v) is 11.4. The summed E-state index contributed by atoms with van der Waals surface area (Å²) in [7, 11) is -3.70. The largest absolute Gasteiger partial charge is 0.351 e. The van der Waals surface area contributed by atoms with Crippen molar-refractivity contribution < 1.29 is 13.2 Å². The normalized spacial score (nSPS) is 37.3. The molecule has 6 rings (SSSR count). The molecule has 0 aromatic carbocycles. The van der Waals surface area contributed by atoms with Gasteiger partial charge < -0.3 is 5.32 Å².